The van der Waals surface area contributed by atoms with E-state index in [4.69, 9.17) is 11.6 Å². The van der Waals surface area contributed by atoms with Crippen LogP contribution in [0.15, 0.2) is 24.3 Å². The Balaban J connectivity index is 3.30. The maximum absolute atomic E-state index is 13.7. The fraction of sp³-hybridized carbons (Fsp3) is 0.429. The van der Waals surface area contributed by atoms with Gasteiger partial charge in [0.2, 0.25) is 0 Å². The van der Waals surface area contributed by atoms with E-state index in [2.05, 4.69) is 9.47 Å². The van der Waals surface area contributed by atoms with Crippen LogP contribution in [0.1, 0.15) is 13.8 Å². The van der Waals surface area contributed by atoms with Crippen LogP contribution in [0.25, 0.3) is 0 Å². The number of benzene rings is 1. The number of alkyl halides is 3. The van der Waals surface area contributed by atoms with Gasteiger partial charge in [0, 0.05) is 10.7 Å². The Labute approximate surface area is 141 Å². The second-order valence-corrected chi connectivity index (χ2v) is 4.88. The van der Waals surface area contributed by atoms with Crippen molar-refractivity contribution < 1.29 is 32.2 Å². The summed E-state index contributed by atoms with van der Waals surface area (Å²) in [6.07, 6.45) is -6.64. The number of carbonyl (C=O) groups is 2. The molecular formula is C14H16ClF3N2O4. The molecule has 1 unspecified atom stereocenters. The predicted octanol–water partition coefficient (Wildman–Crippen LogP) is 3.32. The Morgan fingerprint density at radius 2 is 1.62 bits per heavy atom. The molecule has 0 aliphatic heterocycles. The van der Waals surface area contributed by atoms with Gasteiger partial charge in [0.15, 0.2) is 0 Å². The number of hydrogen-bond acceptors (Lipinski definition) is 5. The number of halogens is 4. The van der Waals surface area contributed by atoms with Crippen molar-refractivity contribution in [3.8, 4) is 0 Å². The van der Waals surface area contributed by atoms with Gasteiger partial charge in [-0.1, -0.05) is 11.6 Å². The van der Waals surface area contributed by atoms with E-state index in [1.54, 1.807) is 0 Å². The first-order valence-corrected chi connectivity index (χ1v) is 7.26. The summed E-state index contributed by atoms with van der Waals surface area (Å²) in [5.41, 5.74) is -3.62. The van der Waals surface area contributed by atoms with Crippen LogP contribution in [0.4, 0.5) is 23.7 Å². The fourth-order valence-electron chi connectivity index (χ4n) is 1.70. The predicted molar refractivity (Wildman–Crippen MR) is 80.7 cm³/mol. The number of ether oxygens (including phenoxy) is 2. The molecule has 1 atom stereocenters. The molecule has 1 aromatic rings. The molecule has 2 N–H and O–H groups in total. The molecule has 1 aromatic carbocycles. The van der Waals surface area contributed by atoms with Gasteiger partial charge in [-0.15, -0.1) is 0 Å². The van der Waals surface area contributed by atoms with Crippen molar-refractivity contribution in [1.82, 2.24) is 5.32 Å². The maximum atomic E-state index is 13.7. The summed E-state index contributed by atoms with van der Waals surface area (Å²) in [6, 6.07) is 5.07. The molecule has 24 heavy (non-hydrogen) atoms. The minimum Gasteiger partial charge on any atom is -0.463 e. The van der Waals surface area contributed by atoms with E-state index < -0.39 is 23.9 Å². The first kappa shape index (κ1) is 19.9. The molecule has 1 rings (SSSR count). The summed E-state index contributed by atoms with van der Waals surface area (Å²) in [4.78, 5) is 23.6. The first-order chi connectivity index (χ1) is 11.2. The van der Waals surface area contributed by atoms with E-state index in [1.807, 2.05) is 5.32 Å². The Morgan fingerprint density at radius 3 is 2.08 bits per heavy atom. The molecule has 0 saturated heterocycles. The van der Waals surface area contributed by atoms with Crippen molar-refractivity contribution in [2.45, 2.75) is 25.7 Å². The third-order valence-electron chi connectivity index (χ3n) is 2.75. The molecule has 1 amide bonds. The Bertz CT molecular complexity index is 580. The van der Waals surface area contributed by atoms with Gasteiger partial charge < -0.3 is 14.8 Å². The quantitative estimate of drug-likeness (QED) is 0.595. The van der Waals surface area contributed by atoms with E-state index >= 15 is 0 Å². The topological polar surface area (TPSA) is 76.7 Å². The number of nitrogens with one attached hydrogen (secondary N) is 2. The van der Waals surface area contributed by atoms with Crippen LogP contribution in [0, 0.1) is 0 Å². The molecule has 0 bridgehead atoms. The molecule has 0 saturated carbocycles. The molecule has 134 valence electrons. The van der Waals surface area contributed by atoms with Gasteiger partial charge in [-0.05, 0) is 38.1 Å². The minimum absolute atomic E-state index is 0.110. The van der Waals surface area contributed by atoms with Crippen molar-refractivity contribution >= 4 is 29.4 Å². The van der Waals surface area contributed by atoms with E-state index in [-0.39, 0.29) is 23.9 Å². The van der Waals surface area contributed by atoms with Crippen molar-refractivity contribution in [3.63, 3.8) is 0 Å². The summed E-state index contributed by atoms with van der Waals surface area (Å²) < 4.78 is 49.9. The summed E-state index contributed by atoms with van der Waals surface area (Å²) in [5, 5.41) is 3.76. The second-order valence-electron chi connectivity index (χ2n) is 4.45. The molecule has 0 aromatic heterocycles. The van der Waals surface area contributed by atoms with E-state index in [1.165, 1.54) is 43.4 Å². The first-order valence-electron chi connectivity index (χ1n) is 6.89. The largest absolute Gasteiger partial charge is 0.463 e. The van der Waals surface area contributed by atoms with Crippen LogP contribution < -0.4 is 10.6 Å². The highest BCUT2D eigenvalue weighted by molar-refractivity contribution is 6.30. The highest BCUT2D eigenvalue weighted by Crippen LogP contribution is 2.33. The monoisotopic (exact) mass is 368 g/mol. The Morgan fingerprint density at radius 1 is 1.08 bits per heavy atom. The zero-order valence-electron chi connectivity index (χ0n) is 12.9. The summed E-state index contributed by atoms with van der Waals surface area (Å²) in [5.74, 6) is -1.72. The molecular weight excluding hydrogens is 353 g/mol. The summed E-state index contributed by atoms with van der Waals surface area (Å²) in [7, 11) is 0. The SMILES string of the molecule is CCOC(=O)NC(Nc1ccc(Cl)cc1)(C(=O)OCC)C(F)(F)F. The Hall–Kier alpha value is -2.16. The van der Waals surface area contributed by atoms with Gasteiger partial charge in [-0.3, -0.25) is 5.32 Å². The lowest BCUT2D eigenvalue weighted by Gasteiger charge is -2.34. The molecule has 10 heteroatoms. The van der Waals surface area contributed by atoms with Crippen LogP contribution in [-0.4, -0.2) is 37.1 Å². The number of anilines is 1. The number of hydrogen-bond donors (Lipinski definition) is 2. The Kier molecular flexibility index (Phi) is 6.70. The summed E-state index contributed by atoms with van der Waals surface area (Å²) in [6.45, 7) is 2.25. The van der Waals surface area contributed by atoms with Crippen LogP contribution in [0.2, 0.25) is 5.02 Å². The van der Waals surface area contributed by atoms with Gasteiger partial charge in [-0.2, -0.15) is 13.2 Å². The van der Waals surface area contributed by atoms with E-state index in [0.717, 1.165) is 0 Å². The number of alkyl carbamates (subject to hydrolysis) is 1. The van der Waals surface area contributed by atoms with E-state index in [0.29, 0.717) is 0 Å². The zero-order chi connectivity index (χ0) is 18.4. The van der Waals surface area contributed by atoms with Crippen LogP contribution in [0.5, 0.6) is 0 Å². The third kappa shape index (κ3) is 4.67. The molecule has 0 radical (unpaired) electrons. The number of amides is 1. The molecule has 0 fully saturated rings. The van der Waals surface area contributed by atoms with Gasteiger partial charge in [-0.25, -0.2) is 9.59 Å². The minimum atomic E-state index is -5.22. The zero-order valence-corrected chi connectivity index (χ0v) is 13.6. The molecule has 0 heterocycles. The third-order valence-corrected chi connectivity index (χ3v) is 3.00. The molecule has 0 aliphatic rings. The summed E-state index contributed by atoms with van der Waals surface area (Å²) >= 11 is 5.68. The standard InChI is InChI=1S/C14H16ClF3N2O4/c1-3-23-11(21)13(14(16,17)18,20-12(22)24-4-2)19-10-7-5-9(15)6-8-10/h5-8,19H,3-4H2,1-2H3,(H,20,22). The van der Waals surface area contributed by atoms with Crippen LogP contribution in [-0.2, 0) is 14.3 Å². The fourth-order valence-corrected chi connectivity index (χ4v) is 1.83. The smallest absolute Gasteiger partial charge is 0.442 e. The van der Waals surface area contributed by atoms with Crippen molar-refractivity contribution in [3.05, 3.63) is 29.3 Å². The molecule has 6 nitrogen and oxygen atoms in total. The lowest BCUT2D eigenvalue weighted by atomic mass is 10.1. The van der Waals surface area contributed by atoms with Gasteiger partial charge in [0.1, 0.15) is 0 Å². The number of rotatable bonds is 6. The lowest BCUT2D eigenvalue weighted by Crippen LogP contribution is -2.69. The number of esters is 1. The van der Waals surface area contributed by atoms with Gasteiger partial charge in [0.05, 0.1) is 13.2 Å². The average Bonchev–Trinajstić information content (AvgIpc) is 2.48. The normalized spacial score (nSPS) is 13.6. The highest BCUT2D eigenvalue weighted by atomic mass is 35.5. The highest BCUT2D eigenvalue weighted by Gasteiger charge is 2.64. The lowest BCUT2D eigenvalue weighted by molar-refractivity contribution is -0.205. The van der Waals surface area contributed by atoms with Crippen molar-refractivity contribution in [2.75, 3.05) is 18.5 Å². The van der Waals surface area contributed by atoms with E-state index in [9.17, 15) is 22.8 Å². The van der Waals surface area contributed by atoms with Crippen molar-refractivity contribution in [2.24, 2.45) is 0 Å². The maximum Gasteiger partial charge on any atom is 0.442 e. The van der Waals surface area contributed by atoms with Crippen LogP contribution in [0.3, 0.4) is 0 Å². The van der Waals surface area contributed by atoms with Crippen LogP contribution >= 0.6 is 11.6 Å². The molecule has 0 spiro atoms. The molecule has 0 aliphatic carbocycles. The average molecular weight is 369 g/mol. The number of carbonyl (C=O) groups excluding carboxylic acids is 2. The second kappa shape index (κ2) is 8.09. The van der Waals surface area contributed by atoms with Crippen molar-refractivity contribution in [1.29, 1.82) is 0 Å². The van der Waals surface area contributed by atoms with Gasteiger partial charge in [0.25, 0.3) is 0 Å². The van der Waals surface area contributed by atoms with Gasteiger partial charge >= 0.3 is 23.9 Å².